The smallest absolute Gasteiger partial charge is 0.303 e. The number of amides is 3. The first-order valence-corrected chi connectivity index (χ1v) is 17.5. The fourth-order valence-corrected chi connectivity index (χ4v) is 7.61. The molecule has 0 bridgehead atoms. The van der Waals surface area contributed by atoms with E-state index in [0.717, 1.165) is 57.7 Å². The third-order valence-electron chi connectivity index (χ3n) is 9.62. The van der Waals surface area contributed by atoms with Crippen LogP contribution >= 0.6 is 0 Å². The van der Waals surface area contributed by atoms with E-state index in [1.807, 2.05) is 30.3 Å². The molecule has 3 aromatic rings. The van der Waals surface area contributed by atoms with Crippen molar-refractivity contribution in [1.82, 2.24) is 23.4 Å². The van der Waals surface area contributed by atoms with E-state index in [9.17, 15) is 22.8 Å². The third kappa shape index (κ3) is 6.27. The Bertz CT molecular complexity index is 1870. The van der Waals surface area contributed by atoms with Crippen LogP contribution in [0.2, 0.25) is 0 Å². The molecule has 2 aliphatic heterocycles. The minimum absolute atomic E-state index is 0.0639. The lowest BCUT2D eigenvalue weighted by Crippen LogP contribution is -2.52. The monoisotopic (exact) mass is 662 g/mol. The normalized spacial score (nSPS) is 17.2. The van der Waals surface area contributed by atoms with Crippen molar-refractivity contribution in [3.05, 3.63) is 58.7 Å². The fraction of sp³-hybridized carbons (Fsp3) is 0.441. The van der Waals surface area contributed by atoms with Crippen LogP contribution in [0.15, 0.2) is 42.0 Å². The Morgan fingerprint density at radius 1 is 0.979 bits per heavy atom. The van der Waals surface area contributed by atoms with Crippen molar-refractivity contribution >= 4 is 44.9 Å². The Balaban J connectivity index is 1.50. The van der Waals surface area contributed by atoms with Gasteiger partial charge in [-0.05, 0) is 66.3 Å². The maximum atomic E-state index is 14.2. The van der Waals surface area contributed by atoms with Crippen LogP contribution in [0.3, 0.4) is 0 Å². The molecule has 0 spiro atoms. The molecule has 12 nitrogen and oxygen atoms in total. The highest BCUT2D eigenvalue weighted by atomic mass is 32.2. The van der Waals surface area contributed by atoms with Crippen molar-refractivity contribution < 1.29 is 27.5 Å². The van der Waals surface area contributed by atoms with E-state index < -0.39 is 16.1 Å². The number of methoxy groups -OCH3 is 1. The molecule has 3 N–H and O–H groups in total. The first kappa shape index (κ1) is 32.7. The summed E-state index contributed by atoms with van der Waals surface area (Å²) in [7, 11) is 0.328. The highest BCUT2D eigenvalue weighted by Gasteiger charge is 2.33. The first-order chi connectivity index (χ1) is 22.5. The number of carbonyl (C=O) groups is 3. The molecule has 3 amide bonds. The number of carbonyl (C=O) groups excluding carboxylic acids is 3. The van der Waals surface area contributed by atoms with E-state index in [1.54, 1.807) is 29.0 Å². The summed E-state index contributed by atoms with van der Waals surface area (Å²) in [6, 6.07) is 11.2. The van der Waals surface area contributed by atoms with Crippen molar-refractivity contribution in [2.24, 2.45) is 5.73 Å². The van der Waals surface area contributed by atoms with Gasteiger partial charge in [-0.3, -0.25) is 14.4 Å². The minimum Gasteiger partial charge on any atom is -0.497 e. The number of ether oxygens (including phenoxy) is 1. The second-order valence-corrected chi connectivity index (χ2v) is 14.5. The van der Waals surface area contributed by atoms with Crippen LogP contribution in [0.4, 0.5) is 0 Å². The molecule has 2 fully saturated rings. The predicted octanol–water partition coefficient (Wildman–Crippen LogP) is 2.93. The van der Waals surface area contributed by atoms with E-state index in [1.165, 1.54) is 26.1 Å². The van der Waals surface area contributed by atoms with Gasteiger partial charge < -0.3 is 24.8 Å². The summed E-state index contributed by atoms with van der Waals surface area (Å²) in [5.41, 5.74) is 11.1. The highest BCUT2D eigenvalue weighted by molar-refractivity contribution is 7.87. The number of nitrogens with two attached hydrogens (primary N) is 1. The Labute approximate surface area is 275 Å². The summed E-state index contributed by atoms with van der Waals surface area (Å²) in [4.78, 5) is 43.1. The van der Waals surface area contributed by atoms with E-state index in [4.69, 9.17) is 10.5 Å². The van der Waals surface area contributed by atoms with Gasteiger partial charge in [0.15, 0.2) is 0 Å². The average molecular weight is 663 g/mol. The number of aromatic nitrogens is 1. The molecular formula is C34H42N6O6S. The Morgan fingerprint density at radius 2 is 1.68 bits per heavy atom. The molecule has 13 heteroatoms. The maximum absolute atomic E-state index is 14.2. The van der Waals surface area contributed by atoms with Gasteiger partial charge in [-0.2, -0.15) is 12.7 Å². The van der Waals surface area contributed by atoms with Gasteiger partial charge >= 0.3 is 10.2 Å². The number of nitrogens with one attached hydrogen (secondary N) is 1. The number of fused-ring (bicyclic) bond motifs is 5. The van der Waals surface area contributed by atoms with E-state index in [-0.39, 0.29) is 36.4 Å². The van der Waals surface area contributed by atoms with Gasteiger partial charge in [0.1, 0.15) is 5.75 Å². The van der Waals surface area contributed by atoms with Crippen LogP contribution in [0.5, 0.6) is 5.75 Å². The number of nitrogens with zero attached hydrogens (tertiary/aromatic N) is 4. The molecular weight excluding hydrogens is 620 g/mol. The van der Waals surface area contributed by atoms with E-state index >= 15 is 0 Å². The average Bonchev–Trinajstić information content (AvgIpc) is 3.29. The van der Waals surface area contributed by atoms with Crippen molar-refractivity contribution in [3.63, 3.8) is 0 Å². The first-order valence-electron chi connectivity index (χ1n) is 16.1. The predicted molar refractivity (Wildman–Crippen MR) is 180 cm³/mol. The molecule has 1 aromatic heterocycles. The topological polar surface area (TPSA) is 147 Å². The summed E-state index contributed by atoms with van der Waals surface area (Å²) in [6.45, 7) is 1.80. The zero-order valence-electron chi connectivity index (χ0n) is 27.1. The Morgan fingerprint density at radius 3 is 2.34 bits per heavy atom. The van der Waals surface area contributed by atoms with Gasteiger partial charge in [-0.25, -0.2) is 4.72 Å². The van der Waals surface area contributed by atoms with Crippen LogP contribution in [0, 0.1) is 0 Å². The lowest BCUT2D eigenvalue weighted by Gasteiger charge is -2.35. The molecule has 1 aliphatic carbocycles. The maximum Gasteiger partial charge on any atom is 0.303 e. The lowest BCUT2D eigenvalue weighted by atomic mass is 9.81. The third-order valence-corrected chi connectivity index (χ3v) is 11.0. The molecule has 1 saturated carbocycles. The standard InChI is InChI=1S/C34H42N6O6S/c1-37(2)47(44,45)36-33(42)23-9-11-28-29(19-23)40-21-25(34(43)39-15-13-38(14-16-39)30(41)20-35)17-24-18-26(46-3)10-12-27(24)32(40)31(28)22-7-5-4-6-8-22/h9-12,17-19,22H,4-8,13-16,20-21,35H2,1-3H3,(H,36,42). The molecule has 250 valence electrons. The Hall–Kier alpha value is -4.20. The number of hydrogen-bond donors (Lipinski definition) is 2. The van der Waals surface area contributed by atoms with Crippen LogP contribution in [-0.4, -0.2) is 98.7 Å². The van der Waals surface area contributed by atoms with Crippen molar-refractivity contribution in [3.8, 4) is 17.0 Å². The van der Waals surface area contributed by atoms with Crippen molar-refractivity contribution in [1.29, 1.82) is 0 Å². The van der Waals surface area contributed by atoms with Crippen LogP contribution < -0.4 is 15.2 Å². The SMILES string of the molecule is COc1ccc2c(c1)C=C(C(=O)N1CCN(C(=O)CN)CC1)Cn1c-2c(C2CCCCC2)c2ccc(C(=O)NS(=O)(=O)N(C)C)cc21. The minimum atomic E-state index is -4.00. The number of hydrogen-bond acceptors (Lipinski definition) is 7. The molecule has 3 aliphatic rings. The molecule has 47 heavy (non-hydrogen) atoms. The van der Waals surface area contributed by atoms with Gasteiger partial charge in [0.2, 0.25) is 5.91 Å². The molecule has 0 atom stereocenters. The molecule has 1 saturated heterocycles. The zero-order chi connectivity index (χ0) is 33.5. The Kier molecular flexibility index (Phi) is 9.14. The summed E-state index contributed by atoms with van der Waals surface area (Å²) in [5, 5.41) is 0.989. The highest BCUT2D eigenvalue weighted by Crippen LogP contribution is 2.47. The van der Waals surface area contributed by atoms with Gasteiger partial charge in [0.05, 0.1) is 25.9 Å². The summed E-state index contributed by atoms with van der Waals surface area (Å²) >= 11 is 0. The largest absolute Gasteiger partial charge is 0.497 e. The second kappa shape index (κ2) is 13.1. The molecule has 2 aromatic carbocycles. The quantitative estimate of drug-likeness (QED) is 0.396. The van der Waals surface area contributed by atoms with Crippen molar-refractivity contribution in [2.45, 2.75) is 44.6 Å². The molecule has 3 heterocycles. The number of piperazine rings is 1. The summed E-state index contributed by atoms with van der Waals surface area (Å²) in [5.74, 6) is -0.0321. The second-order valence-electron chi connectivity index (χ2n) is 12.6. The number of benzene rings is 2. The van der Waals surface area contributed by atoms with Crippen LogP contribution in [-0.2, 0) is 26.3 Å². The van der Waals surface area contributed by atoms with Crippen LogP contribution in [0.1, 0.15) is 59.5 Å². The molecule has 0 radical (unpaired) electrons. The summed E-state index contributed by atoms with van der Waals surface area (Å²) < 4.78 is 35.8. The van der Waals surface area contributed by atoms with Crippen molar-refractivity contribution in [2.75, 3.05) is 53.9 Å². The summed E-state index contributed by atoms with van der Waals surface area (Å²) in [6.07, 6.45) is 7.43. The number of rotatable bonds is 7. The van der Waals surface area contributed by atoms with Gasteiger partial charge in [-0.15, -0.1) is 0 Å². The van der Waals surface area contributed by atoms with E-state index in [0.29, 0.717) is 37.5 Å². The van der Waals surface area contributed by atoms with E-state index in [2.05, 4.69) is 9.29 Å². The van der Waals surface area contributed by atoms with Gasteiger partial charge in [0.25, 0.3) is 11.8 Å². The van der Waals surface area contributed by atoms with Gasteiger partial charge in [-0.1, -0.05) is 25.3 Å². The fourth-order valence-electron chi connectivity index (χ4n) is 7.07. The molecule has 0 unspecified atom stereocenters. The lowest BCUT2D eigenvalue weighted by molar-refractivity contribution is -0.136. The van der Waals surface area contributed by atoms with Gasteiger partial charge in [0, 0.05) is 67.9 Å². The zero-order valence-corrected chi connectivity index (χ0v) is 27.9. The molecule has 6 rings (SSSR count). The van der Waals surface area contributed by atoms with Crippen LogP contribution in [0.25, 0.3) is 28.2 Å².